The number of likely N-dealkylation sites (N-methyl/N-ethyl adjacent to an activating group) is 1. The van der Waals surface area contributed by atoms with Gasteiger partial charge in [0.15, 0.2) is 0 Å². The van der Waals surface area contributed by atoms with Gasteiger partial charge in [-0.05, 0) is 19.4 Å². The van der Waals surface area contributed by atoms with E-state index in [0.717, 1.165) is 11.5 Å². The molecule has 0 unspecified atom stereocenters. The lowest BCUT2D eigenvalue weighted by Gasteiger charge is -2.20. The second-order valence-corrected chi connectivity index (χ2v) is 6.92. The first-order valence-corrected chi connectivity index (χ1v) is 9.17. The number of hydrogen-bond acceptors (Lipinski definition) is 5. The molecule has 0 bridgehead atoms. The van der Waals surface area contributed by atoms with Crippen molar-refractivity contribution < 1.29 is 14.0 Å². The van der Waals surface area contributed by atoms with Gasteiger partial charge in [-0.15, -0.1) is 5.10 Å². The van der Waals surface area contributed by atoms with Gasteiger partial charge in [0.2, 0.25) is 5.82 Å². The zero-order valence-corrected chi connectivity index (χ0v) is 16.0. The molecule has 9 nitrogen and oxygen atoms in total. The predicted molar refractivity (Wildman–Crippen MR) is 102 cm³/mol. The van der Waals surface area contributed by atoms with Crippen molar-refractivity contribution in [2.75, 3.05) is 11.9 Å². The van der Waals surface area contributed by atoms with E-state index in [1.54, 1.807) is 31.6 Å². The number of nitrogens with zero attached hydrogens (tertiary/aromatic N) is 6. The predicted octanol–water partition coefficient (Wildman–Crippen LogP) is 1.14. The Morgan fingerprint density at radius 2 is 2.07 bits per heavy atom. The molecular weight excluding hydrogens is 377 g/mol. The molecule has 0 spiro atoms. The number of halogens is 1. The molecule has 2 aromatic heterocycles. The maximum atomic E-state index is 13.8. The van der Waals surface area contributed by atoms with Crippen LogP contribution in [-0.2, 0) is 17.9 Å². The molecule has 1 aromatic carbocycles. The largest absolute Gasteiger partial charge is 0.337 e. The van der Waals surface area contributed by atoms with E-state index in [2.05, 4.69) is 20.4 Å². The van der Waals surface area contributed by atoms with Gasteiger partial charge >= 0.3 is 0 Å². The van der Waals surface area contributed by atoms with E-state index in [9.17, 15) is 14.0 Å². The van der Waals surface area contributed by atoms with Gasteiger partial charge < -0.3 is 9.88 Å². The summed E-state index contributed by atoms with van der Waals surface area (Å²) in [4.78, 5) is 35.1. The summed E-state index contributed by atoms with van der Waals surface area (Å²) in [6.45, 7) is 2.53. The van der Waals surface area contributed by atoms with E-state index in [0.29, 0.717) is 18.5 Å². The molecule has 2 amide bonds. The summed E-state index contributed by atoms with van der Waals surface area (Å²) in [6, 6.07) is 5.63. The number of aromatic nitrogens is 5. The average molecular weight is 397 g/mol. The number of rotatable bonds is 4. The lowest BCUT2D eigenvalue weighted by atomic mass is 10.2. The average Bonchev–Trinajstić information content (AvgIpc) is 3.29. The molecule has 1 aliphatic heterocycles. The third-order valence-corrected chi connectivity index (χ3v) is 4.93. The second kappa shape index (κ2) is 7.46. The molecule has 150 valence electrons. The lowest BCUT2D eigenvalue weighted by Crippen LogP contribution is -2.47. The van der Waals surface area contributed by atoms with Crippen LogP contribution in [0.4, 0.5) is 10.2 Å². The van der Waals surface area contributed by atoms with Gasteiger partial charge in [0.1, 0.15) is 24.0 Å². The highest BCUT2D eigenvalue weighted by Gasteiger charge is 2.31. The van der Waals surface area contributed by atoms with Crippen LogP contribution < -0.4 is 10.2 Å². The van der Waals surface area contributed by atoms with Crippen LogP contribution in [0.2, 0.25) is 0 Å². The number of carbonyl (C=O) groups excluding carboxylic acids is 2. The maximum Gasteiger partial charge on any atom is 0.291 e. The number of anilines is 1. The fourth-order valence-electron chi connectivity index (χ4n) is 3.44. The van der Waals surface area contributed by atoms with Gasteiger partial charge in [-0.3, -0.25) is 14.5 Å². The Labute approximate surface area is 166 Å². The van der Waals surface area contributed by atoms with Gasteiger partial charge in [0, 0.05) is 19.2 Å². The minimum Gasteiger partial charge on any atom is -0.337 e. The van der Waals surface area contributed by atoms with E-state index in [-0.39, 0.29) is 24.1 Å². The first-order valence-electron chi connectivity index (χ1n) is 9.17. The van der Waals surface area contributed by atoms with E-state index < -0.39 is 11.9 Å². The summed E-state index contributed by atoms with van der Waals surface area (Å²) >= 11 is 0. The number of hydrogen-bond donors (Lipinski definition) is 1. The molecule has 1 aliphatic rings. The van der Waals surface area contributed by atoms with Crippen molar-refractivity contribution in [2.45, 2.75) is 32.5 Å². The molecule has 3 heterocycles. The standard InChI is InChI=1S/C19H20FN7O2/c1-12-18-25(2)19(29)15(7-8-26(18)10-21-12)23-17(28)16-22-11-27(24-16)9-13-5-3-4-6-14(13)20/h3-6,10-11,15H,7-9H2,1-2H3,(H,23,28)/t15-/m1/s1. The van der Waals surface area contributed by atoms with Crippen LogP contribution in [0.1, 0.15) is 28.3 Å². The van der Waals surface area contributed by atoms with Crippen molar-refractivity contribution in [1.82, 2.24) is 29.6 Å². The molecule has 0 aliphatic carbocycles. The fraction of sp³-hybridized carbons (Fsp3) is 0.316. The SMILES string of the molecule is Cc1ncn2c1N(C)C(=O)[C@H](NC(=O)c1ncn(Cc3ccccc3F)n1)CC2. The minimum atomic E-state index is -0.703. The zero-order chi connectivity index (χ0) is 20.5. The molecule has 3 aromatic rings. The molecule has 10 heteroatoms. The lowest BCUT2D eigenvalue weighted by molar-refractivity contribution is -0.120. The zero-order valence-electron chi connectivity index (χ0n) is 16.0. The highest BCUT2D eigenvalue weighted by molar-refractivity contribution is 6.01. The van der Waals surface area contributed by atoms with Crippen LogP contribution in [0.15, 0.2) is 36.9 Å². The van der Waals surface area contributed by atoms with E-state index in [4.69, 9.17) is 0 Å². The summed E-state index contributed by atoms with van der Waals surface area (Å²) in [5, 5.41) is 6.82. The first-order chi connectivity index (χ1) is 13.9. The third kappa shape index (κ3) is 3.60. The third-order valence-electron chi connectivity index (χ3n) is 4.93. The molecule has 4 rings (SSSR count). The van der Waals surface area contributed by atoms with Crippen molar-refractivity contribution >= 4 is 17.6 Å². The summed E-state index contributed by atoms with van der Waals surface area (Å²) in [5.41, 5.74) is 1.19. The van der Waals surface area contributed by atoms with Crippen molar-refractivity contribution in [3.63, 3.8) is 0 Å². The van der Waals surface area contributed by atoms with Crippen LogP contribution in [0.25, 0.3) is 0 Å². The Hall–Kier alpha value is -3.56. The van der Waals surface area contributed by atoms with Crippen molar-refractivity contribution in [1.29, 1.82) is 0 Å². The Kier molecular flexibility index (Phi) is 4.83. The van der Waals surface area contributed by atoms with Crippen LogP contribution >= 0.6 is 0 Å². The molecule has 0 fully saturated rings. The van der Waals surface area contributed by atoms with Crippen LogP contribution in [-0.4, -0.2) is 49.2 Å². The van der Waals surface area contributed by atoms with Crippen molar-refractivity contribution in [2.24, 2.45) is 0 Å². The monoisotopic (exact) mass is 397 g/mol. The maximum absolute atomic E-state index is 13.8. The van der Waals surface area contributed by atoms with E-state index >= 15 is 0 Å². The highest BCUT2D eigenvalue weighted by Crippen LogP contribution is 2.23. The van der Waals surface area contributed by atoms with E-state index in [1.807, 2.05) is 11.5 Å². The van der Waals surface area contributed by atoms with Crippen molar-refractivity contribution in [3.8, 4) is 0 Å². The quantitative estimate of drug-likeness (QED) is 0.712. The second-order valence-electron chi connectivity index (χ2n) is 6.92. The van der Waals surface area contributed by atoms with Gasteiger partial charge in [0.25, 0.3) is 11.8 Å². The number of benzene rings is 1. The molecule has 29 heavy (non-hydrogen) atoms. The number of amides is 2. The topological polar surface area (TPSA) is 97.9 Å². The van der Waals surface area contributed by atoms with Gasteiger partial charge in [-0.1, -0.05) is 18.2 Å². The fourth-order valence-corrected chi connectivity index (χ4v) is 3.44. The Morgan fingerprint density at radius 1 is 1.28 bits per heavy atom. The molecule has 1 N–H and O–H groups in total. The molecular formula is C19H20FN7O2. The summed E-state index contributed by atoms with van der Waals surface area (Å²) in [5.74, 6) is -0.482. The molecule has 0 saturated carbocycles. The number of fused-ring (bicyclic) bond motifs is 1. The molecule has 0 radical (unpaired) electrons. The van der Waals surface area contributed by atoms with Crippen molar-refractivity contribution in [3.05, 3.63) is 59.8 Å². The number of aryl methyl sites for hydroxylation is 2. The summed E-state index contributed by atoms with van der Waals surface area (Å²) in [7, 11) is 1.66. The number of imidazole rings is 1. The normalized spacial score (nSPS) is 16.4. The smallest absolute Gasteiger partial charge is 0.291 e. The van der Waals surface area contributed by atoms with Crippen LogP contribution in [0.3, 0.4) is 0 Å². The highest BCUT2D eigenvalue weighted by atomic mass is 19.1. The Balaban J connectivity index is 1.45. The first kappa shape index (κ1) is 18.8. The van der Waals surface area contributed by atoms with Crippen LogP contribution in [0, 0.1) is 12.7 Å². The van der Waals surface area contributed by atoms with Gasteiger partial charge in [-0.2, -0.15) is 0 Å². The molecule has 1 atom stereocenters. The van der Waals surface area contributed by atoms with Gasteiger partial charge in [-0.25, -0.2) is 19.0 Å². The minimum absolute atomic E-state index is 0.0708. The Bertz CT molecular complexity index is 1070. The number of carbonyl (C=O) groups is 2. The number of nitrogens with one attached hydrogen (secondary N) is 1. The summed E-state index contributed by atoms with van der Waals surface area (Å²) in [6.07, 6.45) is 3.47. The Morgan fingerprint density at radius 3 is 2.86 bits per heavy atom. The van der Waals surface area contributed by atoms with Crippen LogP contribution in [0.5, 0.6) is 0 Å². The van der Waals surface area contributed by atoms with E-state index in [1.165, 1.54) is 22.0 Å². The molecule has 0 saturated heterocycles. The summed E-state index contributed by atoms with van der Waals surface area (Å²) < 4.78 is 17.1. The van der Waals surface area contributed by atoms with Gasteiger partial charge in [0.05, 0.1) is 18.6 Å².